The summed E-state index contributed by atoms with van der Waals surface area (Å²) in [6, 6.07) is 14.5. The Hall–Kier alpha value is -4.05. The number of carbonyl (C=O) groups excluding carboxylic acids is 2. The van der Waals surface area contributed by atoms with Crippen molar-refractivity contribution in [3.05, 3.63) is 69.0 Å². The lowest BCUT2D eigenvalue weighted by Gasteiger charge is -2.14. The molecule has 3 heterocycles. The maximum Gasteiger partial charge on any atom is 0.291 e. The summed E-state index contributed by atoms with van der Waals surface area (Å²) in [6.45, 7) is 2.59. The standard InChI is InChI=1S/C26H25N5O4S/c1-2-3-4-7-14-35-17-12-10-16(11-13-17)23-28-26-31(29-23)25(34)22(36-26)21-18-8-5-6-9-19(18)30(24(21)33)15-20(27)32/h5-6,8-13H,2-4,7,14-15H2,1H3,(H2,27,32)/b22-21-. The minimum absolute atomic E-state index is 0.229. The number of unbranched alkanes of at least 4 members (excludes halogenated alkanes) is 3. The van der Waals surface area contributed by atoms with Gasteiger partial charge in [0.1, 0.15) is 16.8 Å². The summed E-state index contributed by atoms with van der Waals surface area (Å²) in [6.07, 6.45) is 4.58. The summed E-state index contributed by atoms with van der Waals surface area (Å²) >= 11 is 1.10. The third-order valence-corrected chi connectivity index (χ3v) is 7.03. The van der Waals surface area contributed by atoms with Gasteiger partial charge in [-0.1, -0.05) is 55.7 Å². The summed E-state index contributed by atoms with van der Waals surface area (Å²) < 4.78 is 7.23. The number of nitrogens with two attached hydrogens (primary N) is 1. The summed E-state index contributed by atoms with van der Waals surface area (Å²) in [4.78, 5) is 44.2. The second-order valence-corrected chi connectivity index (χ2v) is 9.53. The molecule has 10 heteroatoms. The Morgan fingerprint density at radius 1 is 1.06 bits per heavy atom. The van der Waals surface area contributed by atoms with Gasteiger partial charge in [0.25, 0.3) is 11.5 Å². The molecule has 0 saturated carbocycles. The van der Waals surface area contributed by atoms with Gasteiger partial charge in [0, 0.05) is 11.1 Å². The molecule has 5 rings (SSSR count). The van der Waals surface area contributed by atoms with Crippen molar-refractivity contribution in [1.29, 1.82) is 0 Å². The van der Waals surface area contributed by atoms with Gasteiger partial charge in [0.2, 0.25) is 10.9 Å². The number of aromatic nitrogens is 3. The number of anilines is 1. The van der Waals surface area contributed by atoms with Crippen LogP contribution in [0.5, 0.6) is 5.75 Å². The molecule has 0 fully saturated rings. The maximum absolute atomic E-state index is 13.3. The Balaban J connectivity index is 1.45. The van der Waals surface area contributed by atoms with Gasteiger partial charge < -0.3 is 10.5 Å². The van der Waals surface area contributed by atoms with E-state index in [9.17, 15) is 14.4 Å². The molecule has 184 valence electrons. The molecule has 0 saturated heterocycles. The van der Waals surface area contributed by atoms with Crippen LogP contribution in [-0.2, 0) is 9.59 Å². The van der Waals surface area contributed by atoms with Crippen LogP contribution in [0.1, 0.15) is 38.2 Å². The Bertz CT molecular complexity index is 1560. The lowest BCUT2D eigenvalue weighted by atomic mass is 10.1. The number of hydrogen-bond acceptors (Lipinski definition) is 7. The van der Waals surface area contributed by atoms with Crippen LogP contribution < -0.4 is 25.5 Å². The van der Waals surface area contributed by atoms with Crippen molar-refractivity contribution in [2.45, 2.75) is 32.6 Å². The number of nitrogens with zero attached hydrogens (tertiary/aromatic N) is 4. The fraction of sp³-hybridized carbons (Fsp3) is 0.269. The number of ether oxygens (including phenoxy) is 1. The quantitative estimate of drug-likeness (QED) is 0.351. The first kappa shape index (κ1) is 23.7. The molecular formula is C26H25N5O4S. The minimum atomic E-state index is -0.637. The summed E-state index contributed by atoms with van der Waals surface area (Å²) in [5, 5.41) is 4.40. The summed E-state index contributed by atoms with van der Waals surface area (Å²) in [5.41, 5.74) is 7.02. The van der Waals surface area contributed by atoms with E-state index in [1.165, 1.54) is 22.3 Å². The van der Waals surface area contributed by atoms with E-state index in [1.54, 1.807) is 24.3 Å². The number of amides is 2. The van der Waals surface area contributed by atoms with Gasteiger partial charge in [-0.25, -0.2) is 0 Å². The monoisotopic (exact) mass is 503 g/mol. The van der Waals surface area contributed by atoms with E-state index in [0.29, 0.717) is 28.6 Å². The van der Waals surface area contributed by atoms with Crippen LogP contribution in [0.25, 0.3) is 21.9 Å². The third kappa shape index (κ3) is 4.35. The summed E-state index contributed by atoms with van der Waals surface area (Å²) in [7, 11) is 0. The first-order chi connectivity index (χ1) is 17.5. The highest BCUT2D eigenvalue weighted by Gasteiger charge is 2.35. The SMILES string of the molecule is CCCCCCOc1ccc(-c2nc3s/c(=C4\C(=O)N(CC(N)=O)c5ccccc54)c(=O)n3n2)cc1. The van der Waals surface area contributed by atoms with Gasteiger partial charge in [-0.15, -0.1) is 5.10 Å². The highest BCUT2D eigenvalue weighted by Crippen LogP contribution is 2.35. The zero-order chi connectivity index (χ0) is 25.2. The minimum Gasteiger partial charge on any atom is -0.494 e. The van der Waals surface area contributed by atoms with Crippen molar-refractivity contribution in [2.24, 2.45) is 5.73 Å². The Morgan fingerprint density at radius 2 is 1.83 bits per heavy atom. The number of para-hydroxylation sites is 1. The fourth-order valence-corrected chi connectivity index (χ4v) is 5.24. The van der Waals surface area contributed by atoms with E-state index in [0.717, 1.165) is 35.5 Å². The molecule has 9 nitrogen and oxygen atoms in total. The Morgan fingerprint density at radius 3 is 2.56 bits per heavy atom. The lowest BCUT2D eigenvalue weighted by molar-refractivity contribution is -0.119. The topological polar surface area (TPSA) is 120 Å². The van der Waals surface area contributed by atoms with Gasteiger partial charge in [0.15, 0.2) is 5.82 Å². The molecular weight excluding hydrogens is 478 g/mol. The number of fused-ring (bicyclic) bond motifs is 2. The second-order valence-electron chi connectivity index (χ2n) is 8.55. The highest BCUT2D eigenvalue weighted by molar-refractivity contribution is 7.15. The van der Waals surface area contributed by atoms with Crippen LogP contribution in [0.3, 0.4) is 0 Å². The predicted molar refractivity (Wildman–Crippen MR) is 138 cm³/mol. The van der Waals surface area contributed by atoms with E-state index >= 15 is 0 Å². The normalized spacial score (nSPS) is 14.5. The molecule has 36 heavy (non-hydrogen) atoms. The number of primary amides is 1. The molecule has 1 aliphatic rings. The Kier molecular flexibility index (Phi) is 6.51. The average molecular weight is 504 g/mol. The molecule has 2 aromatic carbocycles. The van der Waals surface area contributed by atoms with Gasteiger partial charge in [-0.05, 0) is 36.8 Å². The largest absolute Gasteiger partial charge is 0.494 e. The molecule has 2 amide bonds. The molecule has 0 unspecified atom stereocenters. The second kappa shape index (κ2) is 9.90. The molecule has 0 aliphatic carbocycles. The molecule has 0 spiro atoms. The van der Waals surface area contributed by atoms with Crippen LogP contribution in [0.4, 0.5) is 5.69 Å². The molecule has 0 atom stereocenters. The van der Waals surface area contributed by atoms with E-state index in [2.05, 4.69) is 17.0 Å². The molecule has 2 N–H and O–H groups in total. The predicted octanol–water partition coefficient (Wildman–Crippen LogP) is 2.53. The van der Waals surface area contributed by atoms with Crippen LogP contribution >= 0.6 is 11.3 Å². The number of thiazole rings is 1. The number of carbonyl (C=O) groups is 2. The van der Waals surface area contributed by atoms with E-state index in [-0.39, 0.29) is 16.7 Å². The van der Waals surface area contributed by atoms with Gasteiger partial charge in [-0.3, -0.25) is 19.3 Å². The van der Waals surface area contributed by atoms with Gasteiger partial charge in [0.05, 0.1) is 17.9 Å². The zero-order valence-electron chi connectivity index (χ0n) is 19.8. The lowest BCUT2D eigenvalue weighted by Crippen LogP contribution is -2.37. The smallest absolute Gasteiger partial charge is 0.291 e. The van der Waals surface area contributed by atoms with Crippen molar-refractivity contribution in [3.8, 4) is 17.1 Å². The van der Waals surface area contributed by atoms with E-state index in [1.807, 2.05) is 24.3 Å². The van der Waals surface area contributed by atoms with Crippen molar-refractivity contribution in [1.82, 2.24) is 14.6 Å². The van der Waals surface area contributed by atoms with Crippen molar-refractivity contribution in [3.63, 3.8) is 0 Å². The highest BCUT2D eigenvalue weighted by atomic mass is 32.1. The van der Waals surface area contributed by atoms with Gasteiger partial charge >= 0.3 is 0 Å². The van der Waals surface area contributed by atoms with Crippen LogP contribution in [0, 0.1) is 0 Å². The number of hydrogen-bond donors (Lipinski definition) is 1. The third-order valence-electron chi connectivity index (χ3n) is 6.00. The van der Waals surface area contributed by atoms with Crippen LogP contribution in [0.15, 0.2) is 53.3 Å². The maximum atomic E-state index is 13.3. The number of benzene rings is 2. The summed E-state index contributed by atoms with van der Waals surface area (Å²) in [5.74, 6) is 0.111. The van der Waals surface area contributed by atoms with E-state index < -0.39 is 17.4 Å². The van der Waals surface area contributed by atoms with Crippen LogP contribution in [-0.4, -0.2) is 39.6 Å². The zero-order valence-corrected chi connectivity index (χ0v) is 20.6. The van der Waals surface area contributed by atoms with Crippen molar-refractivity contribution in [2.75, 3.05) is 18.1 Å². The van der Waals surface area contributed by atoms with Crippen molar-refractivity contribution < 1.29 is 14.3 Å². The van der Waals surface area contributed by atoms with Crippen molar-refractivity contribution >= 4 is 39.4 Å². The van der Waals surface area contributed by atoms with Crippen LogP contribution in [0.2, 0.25) is 0 Å². The van der Waals surface area contributed by atoms with Gasteiger partial charge in [-0.2, -0.15) is 9.50 Å². The fourth-order valence-electron chi connectivity index (χ4n) is 4.24. The first-order valence-electron chi connectivity index (χ1n) is 11.8. The molecule has 1 aliphatic heterocycles. The molecule has 2 aromatic heterocycles. The number of rotatable bonds is 9. The molecule has 0 bridgehead atoms. The molecule has 0 radical (unpaired) electrons. The first-order valence-corrected chi connectivity index (χ1v) is 12.7. The molecule has 4 aromatic rings. The Labute approximate surface area is 210 Å². The average Bonchev–Trinajstić information content (AvgIpc) is 3.50. The van der Waals surface area contributed by atoms with E-state index in [4.69, 9.17) is 10.5 Å².